The number of methoxy groups -OCH3 is 1. The Morgan fingerprint density at radius 1 is 1.22 bits per heavy atom. The first-order valence-corrected chi connectivity index (χ1v) is 5.84. The van der Waals surface area contributed by atoms with Crippen LogP contribution in [0.5, 0.6) is 0 Å². The van der Waals surface area contributed by atoms with Gasteiger partial charge in [0.2, 0.25) is 5.91 Å². The first kappa shape index (κ1) is 16.4. The summed E-state index contributed by atoms with van der Waals surface area (Å²) < 4.78 is 4.57. The summed E-state index contributed by atoms with van der Waals surface area (Å²) in [4.78, 5) is 35.2. The smallest absolute Gasteiger partial charge is 0.321 e. The normalized spacial score (nSPS) is 10.0. The molecule has 7 nitrogen and oxygen atoms in total. The molecule has 0 heterocycles. The number of hydrogen-bond acceptors (Lipinski definition) is 5. The first-order valence-electron chi connectivity index (χ1n) is 5.84. The lowest BCUT2D eigenvalue weighted by atomic mass is 10.3. The number of hydrogen-bond donors (Lipinski definition) is 2. The number of carbonyl (C=O) groups excluding carboxylic acids is 3. The molecule has 0 unspecified atom stereocenters. The predicted octanol–water partition coefficient (Wildman–Crippen LogP) is -0.283. The van der Waals surface area contributed by atoms with Crippen LogP contribution in [0.4, 0.5) is 4.79 Å². The van der Waals surface area contributed by atoms with E-state index in [-0.39, 0.29) is 24.8 Å². The molecule has 0 saturated carbocycles. The summed E-state index contributed by atoms with van der Waals surface area (Å²) in [6, 6.07) is -0.532. The lowest BCUT2D eigenvalue weighted by Crippen LogP contribution is -2.40. The van der Waals surface area contributed by atoms with Crippen LogP contribution in [0.3, 0.4) is 0 Å². The highest BCUT2D eigenvalue weighted by molar-refractivity contribution is 5.94. The molecule has 2 N–H and O–H groups in total. The third-order valence-corrected chi connectivity index (χ3v) is 2.26. The highest BCUT2D eigenvalue weighted by Crippen LogP contribution is 1.95. The fraction of sp³-hybridized carbons (Fsp3) is 0.727. The molecule has 0 aliphatic rings. The lowest BCUT2D eigenvalue weighted by Gasteiger charge is -2.19. The van der Waals surface area contributed by atoms with Crippen molar-refractivity contribution in [2.24, 2.45) is 0 Å². The number of rotatable bonds is 7. The molecule has 3 amide bonds. The predicted molar refractivity (Wildman–Crippen MR) is 66.0 cm³/mol. The highest BCUT2D eigenvalue weighted by atomic mass is 16.5. The van der Waals surface area contributed by atoms with Gasteiger partial charge in [-0.1, -0.05) is 6.92 Å². The van der Waals surface area contributed by atoms with E-state index in [0.717, 1.165) is 6.42 Å². The number of nitrogens with one attached hydrogen (secondary N) is 2. The van der Waals surface area contributed by atoms with E-state index in [1.165, 1.54) is 14.2 Å². The first-order chi connectivity index (χ1) is 8.53. The Kier molecular flexibility index (Phi) is 8.55. The quantitative estimate of drug-likeness (QED) is 0.614. The minimum absolute atomic E-state index is 0.150. The van der Waals surface area contributed by atoms with Gasteiger partial charge < -0.3 is 10.1 Å². The standard InChI is InChI=1S/C11H21N3O4/c1-4-6-14(8-10(16)18-3)7-5-9(15)13-11(17)12-2/h4-8H2,1-3H3,(H2,12,13,15,17). The minimum atomic E-state index is -0.532. The molecule has 0 saturated heterocycles. The van der Waals surface area contributed by atoms with E-state index in [4.69, 9.17) is 0 Å². The number of ether oxygens (including phenoxy) is 1. The summed E-state index contributed by atoms with van der Waals surface area (Å²) >= 11 is 0. The Bertz CT molecular complexity index is 294. The zero-order valence-electron chi connectivity index (χ0n) is 11.1. The van der Waals surface area contributed by atoms with Gasteiger partial charge in [-0.25, -0.2) is 4.79 Å². The van der Waals surface area contributed by atoms with Crippen LogP contribution in [0, 0.1) is 0 Å². The van der Waals surface area contributed by atoms with Crippen LogP contribution in [-0.4, -0.2) is 56.6 Å². The van der Waals surface area contributed by atoms with Gasteiger partial charge in [-0.15, -0.1) is 0 Å². The number of urea groups is 1. The van der Waals surface area contributed by atoms with Crippen molar-refractivity contribution in [2.75, 3.05) is 33.8 Å². The van der Waals surface area contributed by atoms with E-state index < -0.39 is 6.03 Å². The molecular weight excluding hydrogens is 238 g/mol. The van der Waals surface area contributed by atoms with Crippen molar-refractivity contribution in [3.63, 3.8) is 0 Å². The molecular formula is C11H21N3O4. The second-order valence-corrected chi connectivity index (χ2v) is 3.73. The Morgan fingerprint density at radius 3 is 2.39 bits per heavy atom. The molecule has 0 aliphatic heterocycles. The van der Waals surface area contributed by atoms with Crippen molar-refractivity contribution < 1.29 is 19.1 Å². The van der Waals surface area contributed by atoms with Gasteiger partial charge in [-0.3, -0.25) is 19.8 Å². The molecule has 0 rings (SSSR count). The van der Waals surface area contributed by atoms with Crippen LogP contribution in [-0.2, 0) is 14.3 Å². The van der Waals surface area contributed by atoms with E-state index in [1.54, 1.807) is 0 Å². The largest absolute Gasteiger partial charge is 0.468 e. The van der Waals surface area contributed by atoms with Gasteiger partial charge in [0, 0.05) is 20.0 Å². The molecule has 104 valence electrons. The van der Waals surface area contributed by atoms with Crippen molar-refractivity contribution in [3.8, 4) is 0 Å². The van der Waals surface area contributed by atoms with E-state index in [2.05, 4.69) is 15.4 Å². The highest BCUT2D eigenvalue weighted by Gasteiger charge is 2.12. The SMILES string of the molecule is CCCN(CCC(=O)NC(=O)NC)CC(=O)OC. The van der Waals surface area contributed by atoms with Crippen LogP contribution in [0.1, 0.15) is 19.8 Å². The summed E-state index contributed by atoms with van der Waals surface area (Å²) in [6.45, 7) is 3.24. The van der Waals surface area contributed by atoms with Gasteiger partial charge in [-0.2, -0.15) is 0 Å². The molecule has 0 spiro atoms. The van der Waals surface area contributed by atoms with Crippen molar-refractivity contribution in [1.29, 1.82) is 0 Å². The third-order valence-electron chi connectivity index (χ3n) is 2.26. The summed E-state index contributed by atoms with van der Waals surface area (Å²) in [5.74, 6) is -0.713. The van der Waals surface area contributed by atoms with Gasteiger partial charge in [0.25, 0.3) is 0 Å². The van der Waals surface area contributed by atoms with Crippen LogP contribution < -0.4 is 10.6 Å². The Hall–Kier alpha value is -1.63. The number of carbonyl (C=O) groups is 3. The molecule has 0 fully saturated rings. The zero-order valence-corrected chi connectivity index (χ0v) is 11.1. The van der Waals surface area contributed by atoms with E-state index in [1.807, 2.05) is 11.8 Å². The van der Waals surface area contributed by atoms with Crippen LogP contribution >= 0.6 is 0 Å². The monoisotopic (exact) mass is 259 g/mol. The van der Waals surface area contributed by atoms with E-state index in [9.17, 15) is 14.4 Å². The zero-order chi connectivity index (χ0) is 14.0. The molecule has 0 aliphatic carbocycles. The summed E-state index contributed by atoms with van der Waals surface area (Å²) in [7, 11) is 2.76. The van der Waals surface area contributed by atoms with Crippen molar-refractivity contribution in [1.82, 2.24) is 15.5 Å². The molecule has 7 heteroatoms. The van der Waals surface area contributed by atoms with Gasteiger partial charge >= 0.3 is 12.0 Å². The third kappa shape index (κ3) is 7.61. The molecule has 0 radical (unpaired) electrons. The maximum atomic E-state index is 11.4. The summed E-state index contributed by atoms with van der Waals surface area (Å²) in [6.07, 6.45) is 1.03. The number of amides is 3. The van der Waals surface area contributed by atoms with Gasteiger partial charge in [0.1, 0.15) is 0 Å². The van der Waals surface area contributed by atoms with Gasteiger partial charge in [0.05, 0.1) is 13.7 Å². The van der Waals surface area contributed by atoms with Gasteiger partial charge in [-0.05, 0) is 13.0 Å². The number of nitrogens with zero attached hydrogens (tertiary/aromatic N) is 1. The summed E-state index contributed by atoms with van der Waals surface area (Å²) in [5.41, 5.74) is 0. The topological polar surface area (TPSA) is 87.7 Å². The van der Waals surface area contributed by atoms with Crippen LogP contribution in [0.15, 0.2) is 0 Å². The fourth-order valence-corrected chi connectivity index (χ4v) is 1.34. The van der Waals surface area contributed by atoms with Gasteiger partial charge in [0.15, 0.2) is 0 Å². The second-order valence-electron chi connectivity index (χ2n) is 3.73. The maximum Gasteiger partial charge on any atom is 0.321 e. The molecule has 0 atom stereocenters. The Balaban J connectivity index is 4.05. The number of imide groups is 1. The molecule has 18 heavy (non-hydrogen) atoms. The molecule has 0 bridgehead atoms. The molecule has 0 aromatic carbocycles. The average molecular weight is 259 g/mol. The van der Waals surface area contributed by atoms with E-state index in [0.29, 0.717) is 13.1 Å². The Labute approximate surface area is 107 Å². The maximum absolute atomic E-state index is 11.4. The Morgan fingerprint density at radius 2 is 1.89 bits per heavy atom. The van der Waals surface area contributed by atoms with Crippen LogP contribution in [0.25, 0.3) is 0 Å². The van der Waals surface area contributed by atoms with Crippen LogP contribution in [0.2, 0.25) is 0 Å². The lowest BCUT2D eigenvalue weighted by molar-refractivity contribution is -0.142. The van der Waals surface area contributed by atoms with Crippen molar-refractivity contribution in [2.45, 2.75) is 19.8 Å². The number of esters is 1. The molecule has 0 aromatic heterocycles. The van der Waals surface area contributed by atoms with Crippen molar-refractivity contribution >= 4 is 17.9 Å². The average Bonchev–Trinajstić information content (AvgIpc) is 2.35. The minimum Gasteiger partial charge on any atom is -0.468 e. The summed E-state index contributed by atoms with van der Waals surface area (Å²) in [5, 5.41) is 4.45. The molecule has 0 aromatic rings. The fourth-order valence-electron chi connectivity index (χ4n) is 1.34. The van der Waals surface area contributed by atoms with E-state index >= 15 is 0 Å². The second kappa shape index (κ2) is 9.41. The van der Waals surface area contributed by atoms with Crippen molar-refractivity contribution in [3.05, 3.63) is 0 Å².